The Hall–Kier alpha value is -1.60. The van der Waals surface area contributed by atoms with Crippen molar-refractivity contribution in [2.24, 2.45) is 0 Å². The highest BCUT2D eigenvalue weighted by Crippen LogP contribution is 2.31. The van der Waals surface area contributed by atoms with E-state index in [0.29, 0.717) is 10.2 Å². The minimum atomic E-state index is -0.532. The fourth-order valence-corrected chi connectivity index (χ4v) is 2.26. The monoisotopic (exact) mass is 284 g/mol. The normalized spacial score (nSPS) is 10.6. The Bertz CT molecular complexity index is 587. The van der Waals surface area contributed by atoms with E-state index in [1.807, 2.05) is 6.92 Å². The molecule has 0 unspecified atom stereocenters. The van der Waals surface area contributed by atoms with Crippen LogP contribution in [0.25, 0.3) is 0 Å². The predicted molar refractivity (Wildman–Crippen MR) is 68.0 cm³/mol. The van der Waals surface area contributed by atoms with Crippen LogP contribution in [0.2, 0.25) is 5.02 Å². The van der Waals surface area contributed by atoms with Crippen LogP contribution < -0.4 is 0 Å². The summed E-state index contributed by atoms with van der Waals surface area (Å²) in [6, 6.07) is 1.28. The Kier molecular flexibility index (Phi) is 3.83. The standard InChI is InChI=1S/C10H9ClN4O2S/c1-2-6-4-13-10(14-6)18-9-8(11)3-7(5-12-9)15(16)17/h3-5H,2H2,1H3,(H,13,14). The molecule has 0 amide bonds. The highest BCUT2D eigenvalue weighted by molar-refractivity contribution is 7.99. The first-order valence-corrected chi connectivity index (χ1v) is 6.31. The molecule has 0 radical (unpaired) electrons. The quantitative estimate of drug-likeness (QED) is 0.689. The van der Waals surface area contributed by atoms with Crippen molar-refractivity contribution in [3.8, 4) is 0 Å². The van der Waals surface area contributed by atoms with Crippen molar-refractivity contribution in [2.45, 2.75) is 23.5 Å². The zero-order valence-corrected chi connectivity index (χ0v) is 11.0. The summed E-state index contributed by atoms with van der Waals surface area (Å²) < 4.78 is 0. The van der Waals surface area contributed by atoms with Gasteiger partial charge in [0, 0.05) is 18.0 Å². The third kappa shape index (κ3) is 2.80. The Balaban J connectivity index is 2.21. The van der Waals surface area contributed by atoms with Gasteiger partial charge >= 0.3 is 0 Å². The molecular weight excluding hydrogens is 276 g/mol. The molecule has 0 atom stereocenters. The summed E-state index contributed by atoms with van der Waals surface area (Å²) in [5.41, 5.74) is 0.883. The minimum absolute atomic E-state index is 0.127. The molecule has 0 aliphatic carbocycles. The van der Waals surface area contributed by atoms with Crippen molar-refractivity contribution in [3.05, 3.63) is 39.3 Å². The minimum Gasteiger partial charge on any atom is -0.337 e. The summed E-state index contributed by atoms with van der Waals surface area (Å²) in [7, 11) is 0. The van der Waals surface area contributed by atoms with Gasteiger partial charge in [-0.2, -0.15) is 0 Å². The van der Waals surface area contributed by atoms with Crippen molar-refractivity contribution < 1.29 is 4.92 Å². The van der Waals surface area contributed by atoms with Crippen LogP contribution in [0.3, 0.4) is 0 Å². The van der Waals surface area contributed by atoms with Crippen LogP contribution in [0, 0.1) is 10.1 Å². The van der Waals surface area contributed by atoms with Gasteiger partial charge in [-0.3, -0.25) is 10.1 Å². The van der Waals surface area contributed by atoms with Gasteiger partial charge in [-0.05, 0) is 18.2 Å². The van der Waals surface area contributed by atoms with Crippen LogP contribution in [0.4, 0.5) is 5.69 Å². The number of halogens is 1. The number of pyridine rings is 1. The van der Waals surface area contributed by atoms with Crippen LogP contribution >= 0.6 is 23.4 Å². The number of nitrogens with one attached hydrogen (secondary N) is 1. The molecule has 0 aliphatic rings. The number of aromatic amines is 1. The Morgan fingerprint density at radius 3 is 2.83 bits per heavy atom. The maximum absolute atomic E-state index is 10.5. The summed E-state index contributed by atoms with van der Waals surface area (Å²) in [5, 5.41) is 11.9. The number of H-pyrrole nitrogens is 1. The molecule has 0 spiro atoms. The van der Waals surface area contributed by atoms with Gasteiger partial charge in [-0.15, -0.1) is 0 Å². The zero-order valence-electron chi connectivity index (χ0n) is 9.38. The van der Waals surface area contributed by atoms with E-state index < -0.39 is 4.92 Å². The fourth-order valence-electron chi connectivity index (χ4n) is 1.25. The number of hydrogen-bond acceptors (Lipinski definition) is 5. The molecular formula is C10H9ClN4O2S. The summed E-state index contributed by atoms with van der Waals surface area (Å²) >= 11 is 7.17. The van der Waals surface area contributed by atoms with E-state index in [2.05, 4.69) is 15.0 Å². The molecule has 0 bridgehead atoms. The van der Waals surface area contributed by atoms with Gasteiger partial charge < -0.3 is 4.98 Å². The molecule has 0 saturated carbocycles. The molecule has 2 rings (SSSR count). The highest BCUT2D eigenvalue weighted by atomic mass is 35.5. The van der Waals surface area contributed by atoms with Crippen molar-refractivity contribution in [3.63, 3.8) is 0 Å². The van der Waals surface area contributed by atoms with Crippen LogP contribution in [-0.2, 0) is 6.42 Å². The number of nitro groups is 1. The molecule has 0 aliphatic heterocycles. The van der Waals surface area contributed by atoms with Crippen LogP contribution in [0.5, 0.6) is 0 Å². The molecule has 1 N–H and O–H groups in total. The van der Waals surface area contributed by atoms with E-state index in [1.165, 1.54) is 24.0 Å². The molecule has 2 aromatic rings. The van der Waals surface area contributed by atoms with E-state index in [4.69, 9.17) is 11.6 Å². The SMILES string of the molecule is CCc1cnc(Sc2ncc([N+](=O)[O-])cc2Cl)[nH]1. The first-order chi connectivity index (χ1) is 8.60. The Labute approximate surface area is 112 Å². The molecule has 2 aromatic heterocycles. The molecule has 0 fully saturated rings. The highest BCUT2D eigenvalue weighted by Gasteiger charge is 2.13. The van der Waals surface area contributed by atoms with E-state index >= 15 is 0 Å². The first kappa shape index (κ1) is 12.8. The van der Waals surface area contributed by atoms with E-state index in [0.717, 1.165) is 12.1 Å². The summed E-state index contributed by atoms with van der Waals surface area (Å²) in [5.74, 6) is 0. The molecule has 6 nitrogen and oxygen atoms in total. The molecule has 18 heavy (non-hydrogen) atoms. The number of rotatable bonds is 4. The van der Waals surface area contributed by atoms with Crippen LogP contribution in [0.1, 0.15) is 12.6 Å². The van der Waals surface area contributed by atoms with Gasteiger partial charge in [0.05, 0.1) is 9.95 Å². The third-order valence-electron chi connectivity index (χ3n) is 2.18. The van der Waals surface area contributed by atoms with Gasteiger partial charge in [0.2, 0.25) is 0 Å². The van der Waals surface area contributed by atoms with Crippen molar-refractivity contribution in [1.82, 2.24) is 15.0 Å². The molecule has 0 saturated heterocycles. The largest absolute Gasteiger partial charge is 0.337 e. The Morgan fingerprint density at radius 1 is 1.50 bits per heavy atom. The number of aryl methyl sites for hydroxylation is 1. The fraction of sp³-hybridized carbons (Fsp3) is 0.200. The molecule has 2 heterocycles. The van der Waals surface area contributed by atoms with Gasteiger partial charge in [-0.1, -0.05) is 18.5 Å². The smallest absolute Gasteiger partial charge is 0.289 e. The lowest BCUT2D eigenvalue weighted by atomic mass is 10.4. The lowest BCUT2D eigenvalue weighted by Gasteiger charge is -2.00. The number of nitrogens with zero attached hydrogens (tertiary/aromatic N) is 3. The van der Waals surface area contributed by atoms with Crippen LogP contribution in [0.15, 0.2) is 28.6 Å². The molecule has 0 aromatic carbocycles. The summed E-state index contributed by atoms with van der Waals surface area (Å²) in [6.45, 7) is 2.01. The number of aromatic nitrogens is 3. The van der Waals surface area contributed by atoms with E-state index in [-0.39, 0.29) is 10.7 Å². The summed E-state index contributed by atoms with van der Waals surface area (Å²) in [6.07, 6.45) is 3.77. The predicted octanol–water partition coefficient (Wildman–Crippen LogP) is 3.08. The topological polar surface area (TPSA) is 84.7 Å². The molecule has 8 heteroatoms. The number of imidazole rings is 1. The molecule has 94 valence electrons. The average Bonchev–Trinajstić information content (AvgIpc) is 2.79. The van der Waals surface area contributed by atoms with Crippen molar-refractivity contribution in [1.29, 1.82) is 0 Å². The van der Waals surface area contributed by atoms with Crippen molar-refractivity contribution in [2.75, 3.05) is 0 Å². The maximum atomic E-state index is 10.5. The van der Waals surface area contributed by atoms with E-state index in [9.17, 15) is 10.1 Å². The number of hydrogen-bond donors (Lipinski definition) is 1. The van der Waals surface area contributed by atoms with Gasteiger partial charge in [0.15, 0.2) is 5.16 Å². The lowest BCUT2D eigenvalue weighted by molar-refractivity contribution is -0.385. The summed E-state index contributed by atoms with van der Waals surface area (Å²) in [4.78, 5) is 21.2. The van der Waals surface area contributed by atoms with Gasteiger partial charge in [-0.25, -0.2) is 9.97 Å². The van der Waals surface area contributed by atoms with Gasteiger partial charge in [0.25, 0.3) is 5.69 Å². The zero-order chi connectivity index (χ0) is 13.1. The third-order valence-corrected chi connectivity index (χ3v) is 3.50. The van der Waals surface area contributed by atoms with E-state index in [1.54, 1.807) is 6.20 Å². The Morgan fingerprint density at radius 2 is 2.28 bits per heavy atom. The van der Waals surface area contributed by atoms with Crippen LogP contribution in [-0.4, -0.2) is 19.9 Å². The average molecular weight is 285 g/mol. The van der Waals surface area contributed by atoms with Gasteiger partial charge in [0.1, 0.15) is 11.2 Å². The second-order valence-electron chi connectivity index (χ2n) is 3.41. The second kappa shape index (κ2) is 5.36. The first-order valence-electron chi connectivity index (χ1n) is 5.11. The van der Waals surface area contributed by atoms with Crippen molar-refractivity contribution >= 4 is 29.1 Å². The maximum Gasteiger partial charge on any atom is 0.289 e. The lowest BCUT2D eigenvalue weighted by Crippen LogP contribution is -1.91. The second-order valence-corrected chi connectivity index (χ2v) is 4.79.